The van der Waals surface area contributed by atoms with Gasteiger partial charge in [-0.3, -0.25) is 4.98 Å². The fraction of sp³-hybridized carbons (Fsp3) is 0.250. The van der Waals surface area contributed by atoms with E-state index in [2.05, 4.69) is 41.1 Å². The lowest BCUT2D eigenvalue weighted by Crippen LogP contribution is -2.09. The number of rotatable bonds is 1. The first kappa shape index (κ1) is 9.00. The number of benzene rings is 1. The average Bonchev–Trinajstić information content (AvgIpc) is 2.16. The van der Waals surface area contributed by atoms with Crippen LogP contribution >= 0.6 is 0 Å². The lowest BCUT2D eigenvalue weighted by atomic mass is 10.1. The normalized spacial score (nSPS) is 10.5. The Hall–Kier alpha value is -1.57. The first-order valence-electron chi connectivity index (χ1n) is 4.71. The zero-order valence-electron chi connectivity index (χ0n) is 8.78. The van der Waals surface area contributed by atoms with Crippen molar-refractivity contribution in [1.29, 1.82) is 0 Å². The quantitative estimate of drug-likeness (QED) is 0.680. The van der Waals surface area contributed by atoms with Gasteiger partial charge in [0.25, 0.3) is 0 Å². The van der Waals surface area contributed by atoms with Crippen LogP contribution in [-0.2, 0) is 0 Å². The van der Waals surface area contributed by atoms with Crippen molar-refractivity contribution in [3.63, 3.8) is 0 Å². The molecule has 0 bridgehead atoms. The summed E-state index contributed by atoms with van der Waals surface area (Å²) >= 11 is 0. The Morgan fingerprint density at radius 2 is 2.00 bits per heavy atom. The van der Waals surface area contributed by atoms with Gasteiger partial charge in [-0.2, -0.15) is 0 Å². The van der Waals surface area contributed by atoms with E-state index >= 15 is 0 Å². The van der Waals surface area contributed by atoms with Gasteiger partial charge in [-0.05, 0) is 24.6 Å². The number of para-hydroxylation sites is 1. The van der Waals surface area contributed by atoms with E-state index in [-0.39, 0.29) is 0 Å². The summed E-state index contributed by atoms with van der Waals surface area (Å²) in [4.78, 5) is 6.55. The minimum Gasteiger partial charge on any atom is -0.376 e. The van der Waals surface area contributed by atoms with Crippen molar-refractivity contribution in [2.45, 2.75) is 6.92 Å². The number of fused-ring (bicyclic) bond motifs is 1. The van der Waals surface area contributed by atoms with Crippen LogP contribution in [0.1, 0.15) is 5.56 Å². The highest BCUT2D eigenvalue weighted by Crippen LogP contribution is 2.23. The highest BCUT2D eigenvalue weighted by atomic mass is 15.1. The van der Waals surface area contributed by atoms with Crippen LogP contribution in [0, 0.1) is 6.92 Å². The van der Waals surface area contributed by atoms with Crippen molar-refractivity contribution in [2.24, 2.45) is 0 Å². The molecule has 2 nitrogen and oxygen atoms in total. The van der Waals surface area contributed by atoms with E-state index in [4.69, 9.17) is 0 Å². The fourth-order valence-corrected chi connectivity index (χ4v) is 1.62. The molecule has 1 aromatic heterocycles. The molecule has 0 aliphatic heterocycles. The number of hydrogen-bond donors (Lipinski definition) is 0. The second-order valence-electron chi connectivity index (χ2n) is 3.76. The van der Waals surface area contributed by atoms with Crippen molar-refractivity contribution in [2.75, 3.05) is 19.0 Å². The molecule has 2 aromatic rings. The molecule has 2 rings (SSSR count). The molecular weight excluding hydrogens is 172 g/mol. The summed E-state index contributed by atoms with van der Waals surface area (Å²) in [5, 5.41) is 1.20. The second kappa shape index (κ2) is 3.29. The van der Waals surface area contributed by atoms with Gasteiger partial charge >= 0.3 is 0 Å². The van der Waals surface area contributed by atoms with Crippen LogP contribution < -0.4 is 4.90 Å². The van der Waals surface area contributed by atoms with Crippen molar-refractivity contribution in [1.82, 2.24) is 4.98 Å². The third-order valence-electron chi connectivity index (χ3n) is 2.31. The van der Waals surface area contributed by atoms with Crippen LogP contribution in [0.25, 0.3) is 10.9 Å². The lowest BCUT2D eigenvalue weighted by molar-refractivity contribution is 1.13. The number of anilines is 1. The molecule has 72 valence electrons. The zero-order valence-corrected chi connectivity index (χ0v) is 8.78. The minimum absolute atomic E-state index is 1.07. The van der Waals surface area contributed by atoms with E-state index < -0.39 is 0 Å². The third kappa shape index (κ3) is 1.43. The molecule has 0 amide bonds. The van der Waals surface area contributed by atoms with Gasteiger partial charge in [0.2, 0.25) is 0 Å². The maximum absolute atomic E-state index is 4.46. The van der Waals surface area contributed by atoms with Gasteiger partial charge in [-0.1, -0.05) is 12.1 Å². The van der Waals surface area contributed by atoms with Crippen LogP contribution in [0.4, 0.5) is 5.69 Å². The first-order valence-corrected chi connectivity index (χ1v) is 4.71. The summed E-state index contributed by atoms with van der Waals surface area (Å²) in [5.74, 6) is 0. The Labute approximate surface area is 84.2 Å². The maximum Gasteiger partial charge on any atom is 0.0935 e. The van der Waals surface area contributed by atoms with Crippen LogP contribution in [0.5, 0.6) is 0 Å². The first-order chi connectivity index (χ1) is 6.68. The Balaban J connectivity index is 2.75. The number of hydrogen-bond acceptors (Lipinski definition) is 2. The molecule has 2 heteroatoms. The van der Waals surface area contributed by atoms with Crippen LogP contribution in [0.15, 0.2) is 30.5 Å². The molecule has 14 heavy (non-hydrogen) atoms. The van der Waals surface area contributed by atoms with E-state index in [9.17, 15) is 0 Å². The highest BCUT2D eigenvalue weighted by molar-refractivity contribution is 5.90. The Morgan fingerprint density at radius 1 is 1.21 bits per heavy atom. The van der Waals surface area contributed by atoms with Crippen molar-refractivity contribution >= 4 is 16.6 Å². The minimum atomic E-state index is 1.07. The molecule has 0 saturated heterocycles. The molecule has 0 N–H and O–H groups in total. The van der Waals surface area contributed by atoms with Gasteiger partial charge in [0.15, 0.2) is 0 Å². The molecule has 0 aliphatic rings. The second-order valence-corrected chi connectivity index (χ2v) is 3.76. The molecule has 0 aliphatic carbocycles. The Kier molecular flexibility index (Phi) is 2.12. The molecule has 0 atom stereocenters. The molecular formula is C12H14N2. The van der Waals surface area contributed by atoms with Gasteiger partial charge in [0, 0.05) is 25.7 Å². The van der Waals surface area contributed by atoms with Crippen LogP contribution in [-0.4, -0.2) is 19.1 Å². The fourth-order valence-electron chi connectivity index (χ4n) is 1.62. The zero-order chi connectivity index (χ0) is 10.1. The summed E-state index contributed by atoms with van der Waals surface area (Å²) < 4.78 is 0. The molecule has 0 fully saturated rings. The van der Waals surface area contributed by atoms with Gasteiger partial charge < -0.3 is 4.90 Å². The van der Waals surface area contributed by atoms with Gasteiger partial charge in [-0.25, -0.2) is 0 Å². The van der Waals surface area contributed by atoms with Crippen molar-refractivity contribution in [3.8, 4) is 0 Å². The standard InChI is InChI=1S/C12H14N2/c1-9-7-10-5-4-6-11(14(2)3)12(10)13-8-9/h4-8H,1-3H3. The summed E-state index contributed by atoms with van der Waals surface area (Å²) in [6.45, 7) is 2.06. The summed E-state index contributed by atoms with van der Waals surface area (Å²) in [6, 6.07) is 8.42. The largest absolute Gasteiger partial charge is 0.376 e. The number of nitrogens with zero attached hydrogens (tertiary/aromatic N) is 2. The molecule has 0 radical (unpaired) electrons. The number of pyridine rings is 1. The molecule has 0 spiro atoms. The van der Waals surface area contributed by atoms with Crippen LogP contribution in [0.2, 0.25) is 0 Å². The Bertz CT molecular complexity index is 461. The van der Waals surface area contributed by atoms with Crippen molar-refractivity contribution < 1.29 is 0 Å². The lowest BCUT2D eigenvalue weighted by Gasteiger charge is -2.14. The molecule has 0 saturated carbocycles. The number of aromatic nitrogens is 1. The van der Waals surface area contributed by atoms with E-state index in [0.717, 1.165) is 5.52 Å². The topological polar surface area (TPSA) is 16.1 Å². The van der Waals surface area contributed by atoms with Gasteiger partial charge in [-0.15, -0.1) is 0 Å². The summed E-state index contributed by atoms with van der Waals surface area (Å²) in [6.07, 6.45) is 1.91. The maximum atomic E-state index is 4.46. The smallest absolute Gasteiger partial charge is 0.0935 e. The summed E-state index contributed by atoms with van der Waals surface area (Å²) in [7, 11) is 4.08. The molecule has 1 heterocycles. The van der Waals surface area contributed by atoms with E-state index in [1.165, 1.54) is 16.6 Å². The molecule has 1 aromatic carbocycles. The van der Waals surface area contributed by atoms with E-state index in [0.29, 0.717) is 0 Å². The van der Waals surface area contributed by atoms with Crippen LogP contribution in [0.3, 0.4) is 0 Å². The van der Waals surface area contributed by atoms with Gasteiger partial charge in [0.1, 0.15) is 0 Å². The van der Waals surface area contributed by atoms with Gasteiger partial charge in [0.05, 0.1) is 11.2 Å². The van der Waals surface area contributed by atoms with Crippen molar-refractivity contribution in [3.05, 3.63) is 36.0 Å². The van der Waals surface area contributed by atoms with E-state index in [1.807, 2.05) is 20.3 Å². The predicted molar refractivity (Wildman–Crippen MR) is 60.8 cm³/mol. The number of aryl methyl sites for hydroxylation is 1. The average molecular weight is 186 g/mol. The van der Waals surface area contributed by atoms with E-state index in [1.54, 1.807) is 0 Å². The predicted octanol–water partition coefficient (Wildman–Crippen LogP) is 2.61. The third-order valence-corrected chi connectivity index (χ3v) is 2.31. The summed E-state index contributed by atoms with van der Waals surface area (Å²) in [5.41, 5.74) is 3.44. The highest BCUT2D eigenvalue weighted by Gasteiger charge is 2.03. The monoisotopic (exact) mass is 186 g/mol. The SMILES string of the molecule is Cc1cnc2c(N(C)C)cccc2c1. The molecule has 0 unspecified atom stereocenters. The Morgan fingerprint density at radius 3 is 2.71 bits per heavy atom.